The number of carbonyl (C=O) groups excluding carboxylic acids is 2. The van der Waals surface area contributed by atoms with Crippen LogP contribution in [0.2, 0.25) is 0 Å². The zero-order chi connectivity index (χ0) is 37.1. The van der Waals surface area contributed by atoms with E-state index in [0.29, 0.717) is 38.8 Å². The number of methoxy groups -OCH3 is 2. The Morgan fingerprint density at radius 3 is 1.23 bits per heavy atom. The maximum Gasteiger partial charge on any atom is 0.411 e. The third-order valence-corrected chi connectivity index (χ3v) is 10.3. The van der Waals surface area contributed by atoms with Gasteiger partial charge in [-0.3, -0.25) is 0 Å². The van der Waals surface area contributed by atoms with Gasteiger partial charge in [0.15, 0.2) is 0 Å². The first kappa shape index (κ1) is 38.2. The smallest absolute Gasteiger partial charge is 0.411 e. The van der Waals surface area contributed by atoms with Crippen molar-refractivity contribution in [2.75, 3.05) is 40.5 Å². The predicted octanol–water partition coefficient (Wildman–Crippen LogP) is 7.75. The Bertz CT molecular complexity index is 1590. The molecular weight excluding hydrogens is 660 g/mol. The monoisotopic (exact) mass is 710 g/mol. The van der Waals surface area contributed by atoms with Crippen molar-refractivity contribution in [2.24, 2.45) is 0 Å². The summed E-state index contributed by atoms with van der Waals surface area (Å²) >= 11 is 0. The van der Waals surface area contributed by atoms with Gasteiger partial charge in [0.05, 0.1) is 26.3 Å². The second kappa shape index (κ2) is 17.4. The fourth-order valence-electron chi connectivity index (χ4n) is 7.06. The van der Waals surface area contributed by atoms with Crippen LogP contribution in [0.25, 0.3) is 0 Å². The molecule has 2 saturated heterocycles. The van der Waals surface area contributed by atoms with Crippen LogP contribution in [0, 0.1) is 0 Å². The SMILES string of the molecule is COc1ccc([C@H](C)N2CC[C@@](CCO)(c3ccccc3)OC2=O)cc1.COc1ccc([C@H](C)N2CC[C@](CCO)(c3ccccc3)OC2=O)cc1. The van der Waals surface area contributed by atoms with Gasteiger partial charge < -0.3 is 39.0 Å². The molecule has 52 heavy (non-hydrogen) atoms. The van der Waals surface area contributed by atoms with Crippen molar-refractivity contribution in [3.8, 4) is 11.5 Å². The fraction of sp³-hybridized carbons (Fsp3) is 0.381. The van der Waals surface area contributed by atoms with Crippen molar-refractivity contribution >= 4 is 12.2 Å². The number of ether oxygens (including phenoxy) is 4. The fourth-order valence-corrected chi connectivity index (χ4v) is 7.06. The molecular formula is C42H50N2O8. The van der Waals surface area contributed by atoms with E-state index in [1.54, 1.807) is 24.0 Å². The lowest BCUT2D eigenvalue weighted by atomic mass is 9.85. The van der Waals surface area contributed by atoms with Crippen LogP contribution in [0.4, 0.5) is 9.59 Å². The minimum atomic E-state index is -0.761. The van der Waals surface area contributed by atoms with Crippen molar-refractivity contribution in [3.63, 3.8) is 0 Å². The average molecular weight is 711 g/mol. The van der Waals surface area contributed by atoms with E-state index < -0.39 is 11.2 Å². The van der Waals surface area contributed by atoms with Crippen LogP contribution < -0.4 is 9.47 Å². The van der Waals surface area contributed by atoms with E-state index in [0.717, 1.165) is 33.8 Å². The van der Waals surface area contributed by atoms with Gasteiger partial charge in [-0.1, -0.05) is 84.9 Å². The van der Waals surface area contributed by atoms with Gasteiger partial charge in [-0.15, -0.1) is 0 Å². The van der Waals surface area contributed by atoms with E-state index in [4.69, 9.17) is 18.9 Å². The normalized spacial score (nSPS) is 21.2. The molecule has 0 aliphatic carbocycles. The number of carbonyl (C=O) groups is 2. The Hall–Kier alpha value is -5.06. The van der Waals surface area contributed by atoms with Gasteiger partial charge >= 0.3 is 12.2 Å². The largest absolute Gasteiger partial charge is 0.497 e. The number of hydrogen-bond donors (Lipinski definition) is 2. The van der Waals surface area contributed by atoms with Gasteiger partial charge in [0.2, 0.25) is 0 Å². The third-order valence-electron chi connectivity index (χ3n) is 10.3. The summed E-state index contributed by atoms with van der Waals surface area (Å²) in [6, 6.07) is 34.6. The van der Waals surface area contributed by atoms with Crippen LogP contribution in [0.15, 0.2) is 109 Å². The van der Waals surface area contributed by atoms with Crippen molar-refractivity contribution < 1.29 is 38.7 Å². The van der Waals surface area contributed by atoms with Crippen LogP contribution in [0.3, 0.4) is 0 Å². The summed E-state index contributed by atoms with van der Waals surface area (Å²) < 4.78 is 22.2. The highest BCUT2D eigenvalue weighted by Gasteiger charge is 2.44. The highest BCUT2D eigenvalue weighted by molar-refractivity contribution is 5.71. The highest BCUT2D eigenvalue weighted by atomic mass is 16.6. The minimum Gasteiger partial charge on any atom is -0.497 e. The zero-order valence-corrected chi connectivity index (χ0v) is 30.4. The van der Waals surface area contributed by atoms with Crippen molar-refractivity contribution in [3.05, 3.63) is 131 Å². The molecule has 0 aromatic heterocycles. The molecule has 6 rings (SSSR count). The van der Waals surface area contributed by atoms with Gasteiger partial charge in [-0.2, -0.15) is 0 Å². The van der Waals surface area contributed by atoms with E-state index in [-0.39, 0.29) is 37.5 Å². The molecule has 2 N–H and O–H groups in total. The summed E-state index contributed by atoms with van der Waals surface area (Å²) in [4.78, 5) is 29.1. The Morgan fingerprint density at radius 1 is 0.596 bits per heavy atom. The summed E-state index contributed by atoms with van der Waals surface area (Å²) in [7, 11) is 3.26. The van der Waals surface area contributed by atoms with E-state index in [9.17, 15) is 19.8 Å². The molecule has 2 aliphatic heterocycles. The standard InChI is InChI=1S/2C21H25NO4/c2*1-16(17-8-10-19(25-2)11-9-17)22-14-12-21(13-15-23,26-20(22)24)18-6-4-3-5-7-18/h2*3-11,16,23H,12-15H2,1-2H3/t16-,21+;16-,21-/m00/s1. The quantitative estimate of drug-likeness (QED) is 0.153. The number of rotatable bonds is 12. The summed E-state index contributed by atoms with van der Waals surface area (Å²) in [5, 5.41) is 19.0. The summed E-state index contributed by atoms with van der Waals surface area (Å²) in [6.45, 7) is 5.06. The maximum atomic E-state index is 12.8. The van der Waals surface area contributed by atoms with Crippen LogP contribution in [-0.4, -0.2) is 72.7 Å². The van der Waals surface area contributed by atoms with Gasteiger partial charge in [0, 0.05) is 52.0 Å². The number of amides is 2. The van der Waals surface area contributed by atoms with Crippen LogP contribution in [0.5, 0.6) is 11.5 Å². The molecule has 2 aliphatic rings. The molecule has 4 atom stereocenters. The number of cyclic esters (lactones) is 2. The maximum absolute atomic E-state index is 12.8. The Kier molecular flexibility index (Phi) is 12.8. The molecule has 10 heteroatoms. The number of aliphatic hydroxyl groups is 2. The molecule has 2 amide bonds. The average Bonchev–Trinajstić information content (AvgIpc) is 3.19. The molecule has 2 heterocycles. The van der Waals surface area contributed by atoms with E-state index >= 15 is 0 Å². The predicted molar refractivity (Wildman–Crippen MR) is 198 cm³/mol. The summed E-state index contributed by atoms with van der Waals surface area (Å²) in [6.07, 6.45) is 1.38. The van der Waals surface area contributed by atoms with Crippen molar-refractivity contribution in [1.29, 1.82) is 0 Å². The first-order valence-corrected chi connectivity index (χ1v) is 17.8. The number of hydrogen-bond acceptors (Lipinski definition) is 8. The van der Waals surface area contributed by atoms with Gasteiger partial charge in [0.1, 0.15) is 22.7 Å². The Labute approximate surface area is 306 Å². The van der Waals surface area contributed by atoms with Crippen LogP contribution in [-0.2, 0) is 20.7 Å². The molecule has 2 fully saturated rings. The third kappa shape index (κ3) is 8.52. The lowest BCUT2D eigenvalue weighted by molar-refractivity contribution is -0.0725. The first-order valence-electron chi connectivity index (χ1n) is 17.8. The summed E-state index contributed by atoms with van der Waals surface area (Å²) in [5.74, 6) is 1.57. The molecule has 0 radical (unpaired) electrons. The number of nitrogens with zero attached hydrogens (tertiary/aromatic N) is 2. The first-order chi connectivity index (χ1) is 25.2. The van der Waals surface area contributed by atoms with E-state index in [1.165, 1.54) is 0 Å². The number of aliphatic hydroxyl groups excluding tert-OH is 2. The zero-order valence-electron chi connectivity index (χ0n) is 30.4. The van der Waals surface area contributed by atoms with E-state index in [1.807, 2.05) is 123 Å². The van der Waals surface area contributed by atoms with Crippen LogP contribution in [0.1, 0.15) is 73.9 Å². The second-order valence-corrected chi connectivity index (χ2v) is 13.2. The molecule has 10 nitrogen and oxygen atoms in total. The van der Waals surface area contributed by atoms with Gasteiger partial charge in [0.25, 0.3) is 0 Å². The van der Waals surface area contributed by atoms with Crippen molar-refractivity contribution in [1.82, 2.24) is 9.80 Å². The molecule has 0 unspecified atom stereocenters. The molecule has 4 aromatic rings. The van der Waals surface area contributed by atoms with Gasteiger partial charge in [-0.05, 0) is 60.4 Å². The van der Waals surface area contributed by atoms with Crippen molar-refractivity contribution in [2.45, 2.75) is 62.8 Å². The van der Waals surface area contributed by atoms with Crippen LogP contribution >= 0.6 is 0 Å². The molecule has 4 aromatic carbocycles. The van der Waals surface area contributed by atoms with E-state index in [2.05, 4.69) is 0 Å². The molecule has 0 saturated carbocycles. The second-order valence-electron chi connectivity index (χ2n) is 13.2. The lowest BCUT2D eigenvalue weighted by Crippen LogP contribution is -2.49. The topological polar surface area (TPSA) is 118 Å². The lowest BCUT2D eigenvalue weighted by Gasteiger charge is -2.43. The minimum absolute atomic E-state index is 0.0315. The molecule has 0 spiro atoms. The summed E-state index contributed by atoms with van der Waals surface area (Å²) in [5.41, 5.74) is 2.39. The highest BCUT2D eigenvalue weighted by Crippen LogP contribution is 2.41. The Morgan fingerprint density at radius 2 is 0.942 bits per heavy atom. The number of benzene rings is 4. The molecule has 0 bridgehead atoms. The van der Waals surface area contributed by atoms with Gasteiger partial charge in [-0.25, -0.2) is 9.59 Å². The Balaban J connectivity index is 0.000000201. The molecule has 276 valence electrons.